The second-order valence-electron chi connectivity index (χ2n) is 4.58. The number of rotatable bonds is 3. The van der Waals surface area contributed by atoms with Crippen LogP contribution in [0.2, 0.25) is 0 Å². The van der Waals surface area contributed by atoms with Crippen molar-refractivity contribution >= 4 is 18.0 Å². The lowest BCUT2D eigenvalue weighted by Gasteiger charge is -2.24. The maximum absolute atomic E-state index is 13.3. The van der Waals surface area contributed by atoms with Crippen molar-refractivity contribution in [2.24, 2.45) is 0 Å². The average molecular weight is 263 g/mol. The molecule has 1 saturated carbocycles. The van der Waals surface area contributed by atoms with Crippen LogP contribution in [0.5, 0.6) is 0 Å². The maximum atomic E-state index is 13.3. The van der Waals surface area contributed by atoms with Gasteiger partial charge in [0, 0.05) is 30.0 Å². The van der Waals surface area contributed by atoms with Gasteiger partial charge in [-0.15, -0.1) is 0 Å². The fourth-order valence-corrected chi connectivity index (χ4v) is 2.17. The summed E-state index contributed by atoms with van der Waals surface area (Å²) in [7, 11) is 0. The van der Waals surface area contributed by atoms with E-state index in [1.54, 1.807) is 24.3 Å². The number of alkyl halides is 1. The number of amides is 1. The van der Waals surface area contributed by atoms with Gasteiger partial charge in [0.05, 0.1) is 0 Å². The monoisotopic (exact) mass is 263 g/mol. The van der Waals surface area contributed by atoms with E-state index in [4.69, 9.17) is 0 Å². The minimum Gasteiger partial charge on any atom is -0.349 e. The van der Waals surface area contributed by atoms with Crippen LogP contribution in [0.4, 0.5) is 4.39 Å². The molecule has 2 unspecified atom stereocenters. The molecule has 19 heavy (non-hydrogen) atoms. The van der Waals surface area contributed by atoms with Crippen LogP contribution in [-0.2, 0) is 4.79 Å². The van der Waals surface area contributed by atoms with Crippen molar-refractivity contribution < 1.29 is 18.8 Å². The van der Waals surface area contributed by atoms with E-state index in [2.05, 4.69) is 5.32 Å². The van der Waals surface area contributed by atoms with Gasteiger partial charge in [-0.05, 0) is 12.5 Å². The molecule has 1 amide bonds. The van der Waals surface area contributed by atoms with Crippen molar-refractivity contribution in [2.75, 3.05) is 0 Å². The Kier molecular flexibility index (Phi) is 4.04. The van der Waals surface area contributed by atoms with Crippen molar-refractivity contribution in [3.63, 3.8) is 0 Å². The van der Waals surface area contributed by atoms with E-state index in [1.807, 2.05) is 0 Å². The number of aldehydes is 1. The molecule has 1 fully saturated rings. The molecule has 2 rings (SSSR count). The van der Waals surface area contributed by atoms with Gasteiger partial charge < -0.3 is 5.32 Å². The first-order valence-corrected chi connectivity index (χ1v) is 6.13. The van der Waals surface area contributed by atoms with Gasteiger partial charge in [-0.1, -0.05) is 18.2 Å². The highest BCUT2D eigenvalue weighted by Crippen LogP contribution is 2.19. The summed E-state index contributed by atoms with van der Waals surface area (Å²) in [5, 5.41) is 2.67. The third-order valence-electron chi connectivity index (χ3n) is 3.25. The standard InChI is InChI=1S/C14H14FNO3/c15-12-7-10(5-6-13(12)18)16-14(19)11-4-2-1-3-9(11)8-17/h1-4,8,10,12H,5-7H2,(H,16,19). The lowest BCUT2D eigenvalue weighted by atomic mass is 9.92. The van der Waals surface area contributed by atoms with Gasteiger partial charge in [-0.2, -0.15) is 0 Å². The molecule has 0 aromatic heterocycles. The maximum Gasteiger partial charge on any atom is 0.252 e. The van der Waals surface area contributed by atoms with Crippen LogP contribution in [0.3, 0.4) is 0 Å². The topological polar surface area (TPSA) is 63.2 Å². The minimum absolute atomic E-state index is 0.00777. The summed E-state index contributed by atoms with van der Waals surface area (Å²) >= 11 is 0. The normalized spacial score (nSPS) is 22.9. The lowest BCUT2D eigenvalue weighted by Crippen LogP contribution is -2.42. The molecular formula is C14H14FNO3. The molecule has 1 aliphatic carbocycles. The summed E-state index contributed by atoms with van der Waals surface area (Å²) in [4.78, 5) is 33.9. The largest absolute Gasteiger partial charge is 0.349 e. The Morgan fingerprint density at radius 1 is 1.37 bits per heavy atom. The van der Waals surface area contributed by atoms with Crippen LogP contribution >= 0.6 is 0 Å². The van der Waals surface area contributed by atoms with Gasteiger partial charge in [0.15, 0.2) is 18.2 Å². The predicted octanol–water partition coefficient (Wildman–Crippen LogP) is 1.69. The Labute approximate surface area is 110 Å². The Morgan fingerprint density at radius 2 is 2.11 bits per heavy atom. The molecule has 0 saturated heterocycles. The van der Waals surface area contributed by atoms with Crippen molar-refractivity contribution in [3.05, 3.63) is 35.4 Å². The third kappa shape index (κ3) is 3.05. The molecule has 0 radical (unpaired) electrons. The van der Waals surface area contributed by atoms with E-state index in [0.717, 1.165) is 0 Å². The number of nitrogens with one attached hydrogen (secondary N) is 1. The fourth-order valence-electron chi connectivity index (χ4n) is 2.17. The summed E-state index contributed by atoms with van der Waals surface area (Å²) < 4.78 is 13.3. The van der Waals surface area contributed by atoms with Gasteiger partial charge in [-0.3, -0.25) is 14.4 Å². The Morgan fingerprint density at radius 3 is 2.79 bits per heavy atom. The molecule has 0 bridgehead atoms. The second-order valence-corrected chi connectivity index (χ2v) is 4.58. The molecule has 5 heteroatoms. The molecule has 1 N–H and O–H groups in total. The molecular weight excluding hydrogens is 249 g/mol. The van der Waals surface area contributed by atoms with E-state index in [9.17, 15) is 18.8 Å². The number of halogens is 1. The first-order valence-electron chi connectivity index (χ1n) is 6.13. The number of carbonyl (C=O) groups is 3. The number of Topliss-reactive ketones (excluding diaryl/α,β-unsaturated/α-hetero) is 1. The van der Waals surface area contributed by atoms with Gasteiger partial charge in [-0.25, -0.2) is 4.39 Å². The van der Waals surface area contributed by atoms with Crippen LogP contribution in [0.1, 0.15) is 40.0 Å². The number of benzene rings is 1. The molecule has 4 nitrogen and oxygen atoms in total. The van der Waals surface area contributed by atoms with E-state index < -0.39 is 17.9 Å². The zero-order valence-corrected chi connectivity index (χ0v) is 10.3. The molecule has 1 aromatic carbocycles. The van der Waals surface area contributed by atoms with Crippen molar-refractivity contribution in [1.82, 2.24) is 5.32 Å². The van der Waals surface area contributed by atoms with E-state index in [1.165, 1.54) is 0 Å². The summed E-state index contributed by atoms with van der Waals surface area (Å²) in [6.07, 6.45) is -0.304. The quantitative estimate of drug-likeness (QED) is 0.844. The van der Waals surface area contributed by atoms with Crippen LogP contribution in [0, 0.1) is 0 Å². The smallest absolute Gasteiger partial charge is 0.252 e. The molecule has 1 aromatic rings. The van der Waals surface area contributed by atoms with E-state index >= 15 is 0 Å². The first-order chi connectivity index (χ1) is 9.11. The van der Waals surface area contributed by atoms with E-state index in [-0.39, 0.29) is 24.4 Å². The minimum atomic E-state index is -1.50. The molecule has 0 aliphatic heterocycles. The first kappa shape index (κ1) is 13.4. The van der Waals surface area contributed by atoms with Crippen LogP contribution in [0.15, 0.2) is 24.3 Å². The van der Waals surface area contributed by atoms with Crippen molar-refractivity contribution in [1.29, 1.82) is 0 Å². The molecule has 2 atom stereocenters. The Bertz CT molecular complexity index is 515. The zero-order chi connectivity index (χ0) is 13.8. The van der Waals surface area contributed by atoms with Gasteiger partial charge >= 0.3 is 0 Å². The highest BCUT2D eigenvalue weighted by atomic mass is 19.1. The van der Waals surface area contributed by atoms with Crippen molar-refractivity contribution in [3.8, 4) is 0 Å². The zero-order valence-electron chi connectivity index (χ0n) is 10.3. The molecule has 0 spiro atoms. The average Bonchev–Trinajstić information content (AvgIpc) is 2.43. The van der Waals surface area contributed by atoms with Gasteiger partial charge in [0.1, 0.15) is 0 Å². The highest BCUT2D eigenvalue weighted by Gasteiger charge is 2.29. The summed E-state index contributed by atoms with van der Waals surface area (Å²) in [6, 6.07) is 6.05. The highest BCUT2D eigenvalue weighted by molar-refractivity contribution is 6.01. The Hall–Kier alpha value is -2.04. The van der Waals surface area contributed by atoms with Crippen molar-refractivity contribution in [2.45, 2.75) is 31.5 Å². The molecule has 0 heterocycles. The third-order valence-corrected chi connectivity index (χ3v) is 3.25. The Balaban J connectivity index is 2.05. The van der Waals surface area contributed by atoms with Crippen LogP contribution in [-0.4, -0.2) is 30.2 Å². The SMILES string of the molecule is O=Cc1ccccc1C(=O)NC1CCC(=O)C(F)C1. The van der Waals surface area contributed by atoms with Gasteiger partial charge in [0.2, 0.25) is 0 Å². The summed E-state index contributed by atoms with van der Waals surface area (Å²) in [5.41, 5.74) is 0.563. The predicted molar refractivity (Wildman–Crippen MR) is 66.8 cm³/mol. The second kappa shape index (κ2) is 5.73. The van der Waals surface area contributed by atoms with Crippen LogP contribution in [0.25, 0.3) is 0 Å². The number of ketones is 1. The summed E-state index contributed by atoms with van der Waals surface area (Å²) in [6.45, 7) is 0. The lowest BCUT2D eigenvalue weighted by molar-refractivity contribution is -0.126. The molecule has 100 valence electrons. The summed E-state index contributed by atoms with van der Waals surface area (Å²) in [5.74, 6) is -0.812. The van der Waals surface area contributed by atoms with Gasteiger partial charge in [0.25, 0.3) is 5.91 Å². The number of carbonyl (C=O) groups excluding carboxylic acids is 3. The molecule has 1 aliphatic rings. The van der Waals surface area contributed by atoms with E-state index in [0.29, 0.717) is 18.3 Å². The van der Waals surface area contributed by atoms with Crippen LogP contribution < -0.4 is 5.32 Å². The number of hydrogen-bond donors (Lipinski definition) is 1. The fraction of sp³-hybridized carbons (Fsp3) is 0.357. The number of hydrogen-bond acceptors (Lipinski definition) is 3.